The van der Waals surface area contributed by atoms with Crippen LogP contribution in [-0.4, -0.2) is 29.9 Å². The second kappa shape index (κ2) is 6.22. The van der Waals surface area contributed by atoms with Gasteiger partial charge >= 0.3 is 6.03 Å². The van der Waals surface area contributed by atoms with Crippen molar-refractivity contribution in [2.24, 2.45) is 4.99 Å². The number of allylic oxidation sites excluding steroid dienone is 2. The molecule has 7 heteroatoms. The molecule has 0 fully saturated rings. The van der Waals surface area contributed by atoms with Crippen LogP contribution >= 0.6 is 0 Å². The summed E-state index contributed by atoms with van der Waals surface area (Å²) < 4.78 is 5.69. The molecule has 0 aliphatic carbocycles. The highest BCUT2D eigenvalue weighted by molar-refractivity contribution is 5.95. The predicted molar refractivity (Wildman–Crippen MR) is 110 cm³/mol. The standard InChI is InChI=1S/C22H20N4O3/c1-12-10-26(28)18-7-5-4-6-15(18)19(12)16-8-14(21-13(2)29-11-25(21)3)9-17-20(16)24-22(27)23-17/h4-10,28H,11H2,1-3H3,(H,23,27). The average molecular weight is 388 g/mol. The van der Waals surface area contributed by atoms with Crippen molar-refractivity contribution in [2.45, 2.75) is 13.8 Å². The van der Waals surface area contributed by atoms with E-state index in [1.807, 2.05) is 62.2 Å². The Morgan fingerprint density at radius 2 is 2.00 bits per heavy atom. The van der Waals surface area contributed by atoms with Gasteiger partial charge in [0.15, 0.2) is 6.73 Å². The largest absolute Gasteiger partial charge is 0.476 e. The summed E-state index contributed by atoms with van der Waals surface area (Å²) in [6.45, 7) is 4.36. The van der Waals surface area contributed by atoms with Gasteiger partial charge in [-0.05, 0) is 43.2 Å². The summed E-state index contributed by atoms with van der Waals surface area (Å²) in [5.41, 5.74) is 5.97. The lowest BCUT2D eigenvalue weighted by molar-refractivity contribution is 0.172. The molecule has 3 aliphatic rings. The summed E-state index contributed by atoms with van der Waals surface area (Å²) in [5, 5.41) is 15.8. The number of anilines is 2. The van der Waals surface area contributed by atoms with Crippen molar-refractivity contribution in [3.8, 4) is 0 Å². The first-order valence-corrected chi connectivity index (χ1v) is 9.33. The quantitative estimate of drug-likeness (QED) is 0.786. The van der Waals surface area contributed by atoms with Crippen LogP contribution in [0.25, 0.3) is 11.3 Å². The normalized spacial score (nSPS) is 19.4. The van der Waals surface area contributed by atoms with Crippen molar-refractivity contribution in [3.05, 3.63) is 75.6 Å². The number of carbonyl (C=O) groups excluding carboxylic acids is 1. The number of nitrogens with one attached hydrogen (secondary N) is 1. The summed E-state index contributed by atoms with van der Waals surface area (Å²) >= 11 is 0. The van der Waals surface area contributed by atoms with Gasteiger partial charge in [0.2, 0.25) is 0 Å². The summed E-state index contributed by atoms with van der Waals surface area (Å²) in [6.07, 6.45) is 1.68. The van der Waals surface area contributed by atoms with Crippen molar-refractivity contribution in [1.29, 1.82) is 0 Å². The molecule has 0 aromatic heterocycles. The Kier molecular flexibility index (Phi) is 3.75. The Balaban J connectivity index is 1.91. The molecule has 5 rings (SSSR count). The van der Waals surface area contributed by atoms with Crippen LogP contribution in [0.3, 0.4) is 0 Å². The lowest BCUT2D eigenvalue weighted by Crippen LogP contribution is -2.31. The molecule has 0 bridgehead atoms. The second-order valence-corrected chi connectivity index (χ2v) is 7.39. The molecule has 2 amide bonds. The van der Waals surface area contributed by atoms with Gasteiger partial charge in [0.1, 0.15) is 11.1 Å². The fraction of sp³-hybridized carbons (Fsp3) is 0.182. The zero-order valence-corrected chi connectivity index (χ0v) is 16.4. The maximum absolute atomic E-state index is 12.1. The summed E-state index contributed by atoms with van der Waals surface area (Å²) in [5.74, 6) is 0.836. The van der Waals surface area contributed by atoms with Gasteiger partial charge in [0, 0.05) is 29.6 Å². The summed E-state index contributed by atoms with van der Waals surface area (Å²) in [6, 6.07) is 11.2. The van der Waals surface area contributed by atoms with E-state index < -0.39 is 0 Å². The van der Waals surface area contributed by atoms with Crippen LogP contribution in [0, 0.1) is 0 Å². The Morgan fingerprint density at radius 3 is 2.76 bits per heavy atom. The van der Waals surface area contributed by atoms with Crippen LogP contribution in [0.4, 0.5) is 16.2 Å². The average Bonchev–Trinajstić information content (AvgIpc) is 3.22. The van der Waals surface area contributed by atoms with E-state index in [-0.39, 0.29) is 6.03 Å². The van der Waals surface area contributed by atoms with Crippen molar-refractivity contribution >= 4 is 28.7 Å². The highest BCUT2D eigenvalue weighted by atomic mass is 16.5. The third-order valence-electron chi connectivity index (χ3n) is 5.43. The molecule has 146 valence electrons. The number of amides is 2. The Labute approximate surface area is 167 Å². The van der Waals surface area contributed by atoms with Gasteiger partial charge in [-0.2, -0.15) is 4.99 Å². The van der Waals surface area contributed by atoms with Crippen LogP contribution in [0.1, 0.15) is 25.0 Å². The van der Waals surface area contributed by atoms with Crippen molar-refractivity contribution < 1.29 is 14.7 Å². The number of ether oxygens (including phenoxy) is 1. The molecule has 7 nitrogen and oxygen atoms in total. The molecule has 2 aromatic rings. The molecular formula is C22H20N4O3. The third kappa shape index (κ3) is 2.62. The molecule has 0 unspecified atom stereocenters. The number of hydrogen-bond acceptors (Lipinski definition) is 5. The van der Waals surface area contributed by atoms with E-state index in [0.717, 1.165) is 44.0 Å². The molecule has 2 aromatic carbocycles. The monoisotopic (exact) mass is 388 g/mol. The number of fused-ring (bicyclic) bond motifs is 2. The van der Waals surface area contributed by atoms with Gasteiger partial charge in [0.25, 0.3) is 0 Å². The molecule has 0 saturated carbocycles. The molecule has 0 radical (unpaired) electrons. The molecule has 0 atom stereocenters. The number of benzene rings is 2. The minimum atomic E-state index is -0.379. The van der Waals surface area contributed by atoms with Crippen molar-refractivity contribution in [3.63, 3.8) is 0 Å². The lowest BCUT2D eigenvalue weighted by atomic mass is 9.91. The van der Waals surface area contributed by atoms with Gasteiger partial charge in [0.05, 0.1) is 17.1 Å². The molecular weight excluding hydrogens is 368 g/mol. The SMILES string of the molecule is CC1=CN(O)c2ccccc2C1=c1cc(C2=C(C)OCN2C)cc2c1=NC(=O)N2. The van der Waals surface area contributed by atoms with Crippen molar-refractivity contribution in [2.75, 3.05) is 24.2 Å². The minimum absolute atomic E-state index is 0.379. The highest BCUT2D eigenvalue weighted by Crippen LogP contribution is 2.35. The van der Waals surface area contributed by atoms with E-state index in [2.05, 4.69) is 10.3 Å². The third-order valence-corrected chi connectivity index (χ3v) is 5.43. The number of hydrogen-bond donors (Lipinski definition) is 2. The number of carbonyl (C=O) groups is 1. The van der Waals surface area contributed by atoms with Gasteiger partial charge in [-0.15, -0.1) is 0 Å². The molecule has 0 saturated heterocycles. The number of nitrogens with zero attached hydrogens (tertiary/aromatic N) is 3. The predicted octanol–water partition coefficient (Wildman–Crippen LogP) is 2.77. The van der Waals surface area contributed by atoms with E-state index in [1.54, 1.807) is 6.20 Å². The summed E-state index contributed by atoms with van der Waals surface area (Å²) in [7, 11) is 1.97. The lowest BCUT2D eigenvalue weighted by Gasteiger charge is -2.25. The Morgan fingerprint density at radius 1 is 1.21 bits per heavy atom. The van der Waals surface area contributed by atoms with Gasteiger partial charge in [-0.25, -0.2) is 9.86 Å². The molecule has 3 aliphatic heterocycles. The molecule has 29 heavy (non-hydrogen) atoms. The van der Waals surface area contributed by atoms with E-state index >= 15 is 0 Å². The van der Waals surface area contributed by atoms with E-state index in [4.69, 9.17) is 4.74 Å². The first-order chi connectivity index (χ1) is 13.9. The van der Waals surface area contributed by atoms with Gasteiger partial charge in [-0.1, -0.05) is 18.2 Å². The first kappa shape index (κ1) is 17.5. The molecule has 3 heterocycles. The highest BCUT2D eigenvalue weighted by Gasteiger charge is 2.25. The topological polar surface area (TPSA) is 77.4 Å². The number of rotatable bonds is 1. The smallest absolute Gasteiger partial charge is 0.346 e. The van der Waals surface area contributed by atoms with Crippen LogP contribution in [0.5, 0.6) is 0 Å². The van der Waals surface area contributed by atoms with E-state index in [9.17, 15) is 10.0 Å². The second-order valence-electron chi connectivity index (χ2n) is 7.39. The van der Waals surface area contributed by atoms with Crippen LogP contribution in [0.2, 0.25) is 0 Å². The summed E-state index contributed by atoms with van der Waals surface area (Å²) in [4.78, 5) is 18.3. The maximum Gasteiger partial charge on any atom is 0.346 e. The van der Waals surface area contributed by atoms with Crippen LogP contribution in [-0.2, 0) is 4.74 Å². The zero-order chi connectivity index (χ0) is 20.3. The van der Waals surface area contributed by atoms with E-state index in [1.165, 1.54) is 0 Å². The zero-order valence-electron chi connectivity index (χ0n) is 16.4. The Hall–Kier alpha value is -3.58. The van der Waals surface area contributed by atoms with Crippen LogP contribution < -0.4 is 21.0 Å². The first-order valence-electron chi connectivity index (χ1n) is 9.33. The van der Waals surface area contributed by atoms with Gasteiger partial charge in [-0.3, -0.25) is 5.21 Å². The van der Waals surface area contributed by atoms with Gasteiger partial charge < -0.3 is 15.0 Å². The fourth-order valence-electron chi connectivity index (χ4n) is 4.21. The van der Waals surface area contributed by atoms with Crippen LogP contribution in [0.15, 0.2) is 58.9 Å². The number of urea groups is 1. The minimum Gasteiger partial charge on any atom is -0.476 e. The molecule has 2 N–H and O–H groups in total. The number of para-hydroxylation sites is 1. The van der Waals surface area contributed by atoms with Crippen molar-refractivity contribution in [1.82, 2.24) is 4.90 Å². The molecule has 0 spiro atoms. The fourth-order valence-corrected chi connectivity index (χ4v) is 4.21. The maximum atomic E-state index is 12.1. The Bertz CT molecular complexity index is 1260. The van der Waals surface area contributed by atoms with E-state index in [0.29, 0.717) is 23.5 Å². The number of hydroxylamine groups is 1.